The molecule has 2 aromatic carbocycles. The number of nitrogens with one attached hydrogen (secondary N) is 1. The smallest absolute Gasteiger partial charge is 0.223 e. The van der Waals surface area contributed by atoms with Crippen molar-refractivity contribution in [3.8, 4) is 11.3 Å². The Bertz CT molecular complexity index is 1080. The molecular weight excluding hydrogens is 372 g/mol. The van der Waals surface area contributed by atoms with Gasteiger partial charge in [-0.1, -0.05) is 36.4 Å². The standard InChI is InChI=1S/C21H24N4O2S/c1-28(26,27)25-12-9-16(10-13-25)15-23-21-22-11-8-20(24-21)19-7-6-17-4-2-3-5-18(17)14-19/h2-8,11,14,16H,9-10,12-13,15H2,1H3,(H,22,23,24). The summed E-state index contributed by atoms with van der Waals surface area (Å²) in [6.07, 6.45) is 4.75. The van der Waals surface area contributed by atoms with E-state index in [2.05, 4.69) is 45.6 Å². The molecule has 0 atom stereocenters. The molecule has 0 amide bonds. The molecule has 0 saturated carbocycles. The Morgan fingerprint density at radius 3 is 2.57 bits per heavy atom. The lowest BCUT2D eigenvalue weighted by Crippen LogP contribution is -2.39. The largest absolute Gasteiger partial charge is 0.354 e. The van der Waals surface area contributed by atoms with Crippen LogP contribution in [0.4, 0.5) is 5.95 Å². The summed E-state index contributed by atoms with van der Waals surface area (Å²) in [6.45, 7) is 1.92. The van der Waals surface area contributed by atoms with Crippen LogP contribution >= 0.6 is 0 Å². The van der Waals surface area contributed by atoms with E-state index in [4.69, 9.17) is 0 Å². The van der Waals surface area contributed by atoms with Gasteiger partial charge in [-0.25, -0.2) is 22.7 Å². The summed E-state index contributed by atoms with van der Waals surface area (Å²) in [5.74, 6) is 1.03. The summed E-state index contributed by atoms with van der Waals surface area (Å²) in [7, 11) is -3.08. The average molecular weight is 397 g/mol. The third kappa shape index (κ3) is 4.31. The average Bonchev–Trinajstić information content (AvgIpc) is 2.72. The Hall–Kier alpha value is -2.51. The first kappa shape index (κ1) is 18.8. The molecule has 7 heteroatoms. The molecule has 0 spiro atoms. The van der Waals surface area contributed by atoms with Crippen molar-refractivity contribution in [3.63, 3.8) is 0 Å². The number of nitrogens with zero attached hydrogens (tertiary/aromatic N) is 3. The molecule has 0 radical (unpaired) electrons. The molecule has 1 aliphatic heterocycles. The zero-order valence-corrected chi connectivity index (χ0v) is 16.7. The van der Waals surface area contributed by atoms with Crippen molar-refractivity contribution < 1.29 is 8.42 Å². The van der Waals surface area contributed by atoms with Gasteiger partial charge in [0.1, 0.15) is 0 Å². The Morgan fingerprint density at radius 2 is 1.82 bits per heavy atom. The summed E-state index contributed by atoms with van der Waals surface area (Å²) < 4.78 is 24.8. The van der Waals surface area contributed by atoms with Crippen LogP contribution in [0.25, 0.3) is 22.0 Å². The fourth-order valence-corrected chi connectivity index (χ4v) is 4.51. The fraction of sp³-hybridized carbons (Fsp3) is 0.333. The molecule has 0 unspecified atom stereocenters. The molecular formula is C21H24N4O2S. The summed E-state index contributed by atoms with van der Waals surface area (Å²) in [5.41, 5.74) is 1.95. The molecule has 3 aromatic rings. The molecule has 1 N–H and O–H groups in total. The molecule has 146 valence electrons. The Morgan fingerprint density at radius 1 is 1.07 bits per heavy atom. The molecule has 4 rings (SSSR count). The monoisotopic (exact) mass is 396 g/mol. The van der Waals surface area contributed by atoms with Crippen LogP contribution < -0.4 is 5.32 Å². The van der Waals surface area contributed by atoms with Gasteiger partial charge >= 0.3 is 0 Å². The summed E-state index contributed by atoms with van der Waals surface area (Å²) in [5, 5.41) is 5.72. The second kappa shape index (κ2) is 7.85. The lowest BCUT2D eigenvalue weighted by Gasteiger charge is -2.30. The van der Waals surface area contributed by atoms with Crippen LogP contribution in [0.2, 0.25) is 0 Å². The van der Waals surface area contributed by atoms with E-state index in [0.717, 1.165) is 30.6 Å². The van der Waals surface area contributed by atoms with Gasteiger partial charge in [-0.05, 0) is 41.7 Å². The van der Waals surface area contributed by atoms with Crippen molar-refractivity contribution in [1.29, 1.82) is 0 Å². The van der Waals surface area contributed by atoms with Crippen molar-refractivity contribution in [3.05, 3.63) is 54.7 Å². The van der Waals surface area contributed by atoms with E-state index in [0.29, 0.717) is 25.0 Å². The number of hydrogen-bond acceptors (Lipinski definition) is 5. The van der Waals surface area contributed by atoms with Crippen molar-refractivity contribution in [2.75, 3.05) is 31.2 Å². The lowest BCUT2D eigenvalue weighted by atomic mass is 9.98. The molecule has 6 nitrogen and oxygen atoms in total. The number of anilines is 1. The van der Waals surface area contributed by atoms with E-state index in [-0.39, 0.29) is 0 Å². The van der Waals surface area contributed by atoms with Crippen molar-refractivity contribution in [2.45, 2.75) is 12.8 Å². The van der Waals surface area contributed by atoms with Crippen molar-refractivity contribution >= 4 is 26.7 Å². The van der Waals surface area contributed by atoms with Gasteiger partial charge in [0.05, 0.1) is 11.9 Å². The van der Waals surface area contributed by atoms with Gasteiger partial charge in [0.25, 0.3) is 0 Å². The first-order valence-electron chi connectivity index (χ1n) is 9.50. The van der Waals surface area contributed by atoms with Crippen LogP contribution in [-0.2, 0) is 10.0 Å². The normalized spacial score (nSPS) is 16.3. The third-order valence-electron chi connectivity index (χ3n) is 5.29. The highest BCUT2D eigenvalue weighted by molar-refractivity contribution is 7.88. The SMILES string of the molecule is CS(=O)(=O)N1CCC(CNc2nccc(-c3ccc4ccccc4c3)n2)CC1. The van der Waals surface area contributed by atoms with E-state index < -0.39 is 10.0 Å². The second-order valence-corrected chi connectivity index (χ2v) is 9.30. The Kier molecular flexibility index (Phi) is 5.28. The Labute approximate surface area is 165 Å². The molecule has 1 aromatic heterocycles. The third-order valence-corrected chi connectivity index (χ3v) is 6.60. The number of aromatic nitrogens is 2. The van der Waals surface area contributed by atoms with Crippen LogP contribution in [0.15, 0.2) is 54.7 Å². The van der Waals surface area contributed by atoms with E-state index in [1.54, 1.807) is 10.5 Å². The number of piperidine rings is 1. The van der Waals surface area contributed by atoms with Gasteiger partial charge in [0, 0.05) is 31.4 Å². The molecule has 2 heterocycles. The van der Waals surface area contributed by atoms with Crippen molar-refractivity contribution in [2.24, 2.45) is 5.92 Å². The van der Waals surface area contributed by atoms with Gasteiger partial charge in [-0.15, -0.1) is 0 Å². The zero-order valence-electron chi connectivity index (χ0n) is 15.9. The van der Waals surface area contributed by atoms with Crippen LogP contribution in [0, 0.1) is 5.92 Å². The molecule has 1 fully saturated rings. The van der Waals surface area contributed by atoms with Crippen LogP contribution in [0.1, 0.15) is 12.8 Å². The number of sulfonamides is 1. The summed E-state index contributed by atoms with van der Waals surface area (Å²) >= 11 is 0. The maximum atomic E-state index is 11.6. The van der Waals surface area contributed by atoms with Crippen LogP contribution in [0.3, 0.4) is 0 Å². The number of rotatable bonds is 5. The number of fused-ring (bicyclic) bond motifs is 1. The van der Waals surface area contributed by atoms with Gasteiger partial charge in [0.2, 0.25) is 16.0 Å². The molecule has 28 heavy (non-hydrogen) atoms. The molecule has 1 saturated heterocycles. The van der Waals surface area contributed by atoms with Crippen molar-refractivity contribution in [1.82, 2.24) is 14.3 Å². The van der Waals surface area contributed by atoms with E-state index in [1.807, 2.05) is 18.2 Å². The van der Waals surface area contributed by atoms with E-state index in [9.17, 15) is 8.42 Å². The fourth-order valence-electron chi connectivity index (χ4n) is 3.63. The van der Waals surface area contributed by atoms with Crippen LogP contribution in [0.5, 0.6) is 0 Å². The van der Waals surface area contributed by atoms with E-state index in [1.165, 1.54) is 17.0 Å². The van der Waals surface area contributed by atoms with Gasteiger partial charge in [-0.2, -0.15) is 0 Å². The highest BCUT2D eigenvalue weighted by Crippen LogP contribution is 2.24. The minimum atomic E-state index is -3.08. The summed E-state index contributed by atoms with van der Waals surface area (Å²) in [4.78, 5) is 9.00. The first-order valence-corrected chi connectivity index (χ1v) is 11.3. The molecule has 0 bridgehead atoms. The molecule has 1 aliphatic rings. The second-order valence-electron chi connectivity index (χ2n) is 7.31. The topological polar surface area (TPSA) is 75.2 Å². The van der Waals surface area contributed by atoms with Crippen LogP contribution in [-0.4, -0.2) is 48.6 Å². The Balaban J connectivity index is 1.41. The predicted molar refractivity (Wildman–Crippen MR) is 113 cm³/mol. The van der Waals surface area contributed by atoms with Gasteiger partial charge in [0.15, 0.2) is 0 Å². The maximum Gasteiger partial charge on any atom is 0.223 e. The minimum Gasteiger partial charge on any atom is -0.354 e. The highest BCUT2D eigenvalue weighted by atomic mass is 32.2. The van der Waals surface area contributed by atoms with E-state index >= 15 is 0 Å². The zero-order chi connectivity index (χ0) is 19.6. The highest BCUT2D eigenvalue weighted by Gasteiger charge is 2.24. The summed E-state index contributed by atoms with van der Waals surface area (Å²) in [6, 6.07) is 16.5. The quantitative estimate of drug-likeness (QED) is 0.716. The number of benzene rings is 2. The maximum absolute atomic E-state index is 11.6. The first-order chi connectivity index (χ1) is 13.5. The number of hydrogen-bond donors (Lipinski definition) is 1. The minimum absolute atomic E-state index is 0.422. The molecule has 0 aliphatic carbocycles. The predicted octanol–water partition coefficient (Wildman–Crippen LogP) is 3.38. The van der Waals surface area contributed by atoms with Gasteiger partial charge in [-0.3, -0.25) is 0 Å². The lowest BCUT2D eigenvalue weighted by molar-refractivity contribution is 0.283. The van der Waals surface area contributed by atoms with Gasteiger partial charge < -0.3 is 5.32 Å².